The Balaban J connectivity index is 1.44. The van der Waals surface area contributed by atoms with Crippen molar-refractivity contribution in [2.45, 2.75) is 13.8 Å². The summed E-state index contributed by atoms with van der Waals surface area (Å²) in [6.07, 6.45) is 6.13. The molecule has 0 fully saturated rings. The van der Waals surface area contributed by atoms with Gasteiger partial charge in [-0.2, -0.15) is 0 Å². The summed E-state index contributed by atoms with van der Waals surface area (Å²) in [7, 11) is 0. The molecule has 0 aromatic heterocycles. The maximum Gasteiger partial charge on any atom is 0.189 e. The highest BCUT2D eigenvalue weighted by molar-refractivity contribution is 5.36. The van der Waals surface area contributed by atoms with Crippen LogP contribution >= 0.6 is 0 Å². The van der Waals surface area contributed by atoms with Crippen molar-refractivity contribution in [1.82, 2.24) is 4.90 Å². The molecule has 26 heavy (non-hydrogen) atoms. The van der Waals surface area contributed by atoms with E-state index in [-0.39, 0.29) is 0 Å². The summed E-state index contributed by atoms with van der Waals surface area (Å²) in [5.74, 6) is 3.33. The molecule has 2 aromatic rings. The largest absolute Gasteiger partial charge is 0.490 e. The molecular formula is C22H25NO3. The van der Waals surface area contributed by atoms with Crippen LogP contribution in [0.25, 0.3) is 0 Å². The van der Waals surface area contributed by atoms with Gasteiger partial charge in [-0.05, 0) is 61.9 Å². The zero-order valence-corrected chi connectivity index (χ0v) is 15.4. The lowest BCUT2D eigenvalue weighted by Crippen LogP contribution is -2.27. The zero-order valence-electron chi connectivity index (χ0n) is 15.4. The van der Waals surface area contributed by atoms with Gasteiger partial charge in [-0.1, -0.05) is 24.3 Å². The van der Waals surface area contributed by atoms with Crippen LogP contribution in [0, 0.1) is 6.92 Å². The topological polar surface area (TPSA) is 30.9 Å². The Bertz CT molecular complexity index is 765. The van der Waals surface area contributed by atoms with E-state index in [0.717, 1.165) is 36.2 Å². The Labute approximate surface area is 155 Å². The second-order valence-corrected chi connectivity index (χ2v) is 6.06. The van der Waals surface area contributed by atoms with E-state index in [1.807, 2.05) is 67.6 Å². The van der Waals surface area contributed by atoms with Crippen molar-refractivity contribution in [3.8, 4) is 17.2 Å². The summed E-state index contributed by atoms with van der Waals surface area (Å²) in [4.78, 5) is 2.18. The van der Waals surface area contributed by atoms with Crippen LogP contribution in [0.2, 0.25) is 0 Å². The predicted molar refractivity (Wildman–Crippen MR) is 104 cm³/mol. The van der Waals surface area contributed by atoms with Gasteiger partial charge in [0.1, 0.15) is 30.5 Å². The molecule has 0 unspecified atom stereocenters. The Hall–Kier alpha value is -2.88. The van der Waals surface area contributed by atoms with Gasteiger partial charge in [0.05, 0.1) is 0 Å². The lowest BCUT2D eigenvalue weighted by atomic mass is 10.2. The minimum absolute atomic E-state index is 0.497. The molecule has 0 saturated carbocycles. The highest BCUT2D eigenvalue weighted by atomic mass is 16.5. The first-order valence-corrected chi connectivity index (χ1v) is 8.96. The number of aryl methyl sites for hydroxylation is 1. The normalized spacial score (nSPS) is 13.3. The number of benzene rings is 2. The molecule has 0 bridgehead atoms. The molecule has 1 aliphatic heterocycles. The van der Waals surface area contributed by atoms with Gasteiger partial charge >= 0.3 is 0 Å². The molecule has 2 aromatic carbocycles. The summed E-state index contributed by atoms with van der Waals surface area (Å²) in [6, 6.07) is 15.6. The Morgan fingerprint density at radius 1 is 0.923 bits per heavy atom. The minimum atomic E-state index is 0.497. The van der Waals surface area contributed by atoms with Gasteiger partial charge in [0, 0.05) is 13.1 Å². The maximum absolute atomic E-state index is 5.84. The molecule has 4 nitrogen and oxygen atoms in total. The first-order chi connectivity index (χ1) is 12.7. The van der Waals surface area contributed by atoms with E-state index < -0.39 is 0 Å². The smallest absolute Gasteiger partial charge is 0.189 e. The van der Waals surface area contributed by atoms with Crippen LogP contribution in [0.1, 0.15) is 12.5 Å². The molecule has 0 atom stereocenters. The summed E-state index contributed by atoms with van der Waals surface area (Å²) < 4.78 is 17.4. The second kappa shape index (κ2) is 8.99. The van der Waals surface area contributed by atoms with Crippen LogP contribution in [-0.2, 0) is 4.74 Å². The van der Waals surface area contributed by atoms with Crippen molar-refractivity contribution >= 4 is 0 Å². The number of likely N-dealkylation sites (N-methyl/N-ethyl adjacent to an activating group) is 1. The number of ether oxygens (including phenoxy) is 3. The molecule has 4 heteroatoms. The average Bonchev–Trinajstić information content (AvgIpc) is 2.67. The standard InChI is InChI=1S/C22H25NO3/c1-3-23-14-5-4-9-22(23)25-16-15-24-19-10-12-20(13-11-19)26-21-8-6-7-18(2)17-21/h4-13,17H,3,14-16H2,1-2H3. The summed E-state index contributed by atoms with van der Waals surface area (Å²) in [5, 5.41) is 0. The number of nitrogens with zero attached hydrogens (tertiary/aromatic N) is 1. The molecule has 136 valence electrons. The van der Waals surface area contributed by atoms with Crippen LogP contribution in [0.4, 0.5) is 0 Å². The molecule has 0 radical (unpaired) electrons. The van der Waals surface area contributed by atoms with Gasteiger partial charge in [0.15, 0.2) is 5.88 Å². The third kappa shape index (κ3) is 5.06. The van der Waals surface area contributed by atoms with Crippen molar-refractivity contribution in [3.63, 3.8) is 0 Å². The molecule has 1 heterocycles. The SMILES string of the molecule is CCN1CC=CC=C1OCCOc1ccc(Oc2cccc(C)c2)cc1. The fourth-order valence-corrected chi connectivity index (χ4v) is 2.68. The highest BCUT2D eigenvalue weighted by Gasteiger charge is 2.09. The molecule has 0 aliphatic carbocycles. The van der Waals surface area contributed by atoms with Crippen LogP contribution in [-0.4, -0.2) is 31.2 Å². The monoisotopic (exact) mass is 351 g/mol. The Morgan fingerprint density at radius 2 is 1.69 bits per heavy atom. The van der Waals surface area contributed by atoms with Gasteiger partial charge in [-0.15, -0.1) is 0 Å². The van der Waals surface area contributed by atoms with Gasteiger partial charge in [0.2, 0.25) is 0 Å². The summed E-state index contributed by atoms with van der Waals surface area (Å²) in [5.41, 5.74) is 1.17. The van der Waals surface area contributed by atoms with Crippen LogP contribution in [0.3, 0.4) is 0 Å². The van der Waals surface area contributed by atoms with E-state index in [2.05, 4.69) is 17.9 Å². The summed E-state index contributed by atoms with van der Waals surface area (Å²) in [6.45, 7) is 7.00. The maximum atomic E-state index is 5.84. The molecule has 3 rings (SSSR count). The molecule has 1 aliphatic rings. The van der Waals surface area contributed by atoms with E-state index in [4.69, 9.17) is 14.2 Å². The average molecular weight is 351 g/mol. The van der Waals surface area contributed by atoms with Gasteiger partial charge in [0.25, 0.3) is 0 Å². The van der Waals surface area contributed by atoms with Crippen molar-refractivity contribution in [3.05, 3.63) is 78.2 Å². The van der Waals surface area contributed by atoms with Crippen LogP contribution < -0.4 is 9.47 Å². The van der Waals surface area contributed by atoms with E-state index >= 15 is 0 Å². The minimum Gasteiger partial charge on any atom is -0.490 e. The van der Waals surface area contributed by atoms with Crippen molar-refractivity contribution < 1.29 is 14.2 Å². The molecular weight excluding hydrogens is 326 g/mol. The second-order valence-electron chi connectivity index (χ2n) is 6.06. The van der Waals surface area contributed by atoms with Gasteiger partial charge in [-0.25, -0.2) is 0 Å². The highest BCUT2D eigenvalue weighted by Crippen LogP contribution is 2.24. The third-order valence-electron chi connectivity index (χ3n) is 4.05. The fourth-order valence-electron chi connectivity index (χ4n) is 2.68. The zero-order chi connectivity index (χ0) is 18.2. The summed E-state index contributed by atoms with van der Waals surface area (Å²) >= 11 is 0. The number of rotatable bonds is 8. The molecule has 0 spiro atoms. The third-order valence-corrected chi connectivity index (χ3v) is 4.05. The van der Waals surface area contributed by atoms with E-state index in [1.165, 1.54) is 5.56 Å². The Morgan fingerprint density at radius 3 is 2.46 bits per heavy atom. The van der Waals surface area contributed by atoms with Crippen molar-refractivity contribution in [2.24, 2.45) is 0 Å². The van der Waals surface area contributed by atoms with Crippen molar-refractivity contribution in [1.29, 1.82) is 0 Å². The van der Waals surface area contributed by atoms with E-state index in [9.17, 15) is 0 Å². The van der Waals surface area contributed by atoms with Gasteiger partial charge < -0.3 is 19.1 Å². The van der Waals surface area contributed by atoms with Crippen LogP contribution in [0.5, 0.6) is 17.2 Å². The van der Waals surface area contributed by atoms with Gasteiger partial charge in [-0.3, -0.25) is 0 Å². The first kappa shape index (κ1) is 17.9. The van der Waals surface area contributed by atoms with Crippen LogP contribution in [0.15, 0.2) is 72.6 Å². The lowest BCUT2D eigenvalue weighted by Gasteiger charge is -2.26. The molecule has 0 amide bonds. The first-order valence-electron chi connectivity index (χ1n) is 8.96. The quantitative estimate of drug-likeness (QED) is 0.632. The van der Waals surface area contributed by atoms with E-state index in [1.54, 1.807) is 0 Å². The molecule has 0 saturated heterocycles. The Kier molecular flexibility index (Phi) is 6.20. The fraction of sp³-hybridized carbons (Fsp3) is 0.273. The predicted octanol–water partition coefficient (Wildman–Crippen LogP) is 4.92. The number of hydrogen-bond donors (Lipinski definition) is 0. The van der Waals surface area contributed by atoms with E-state index in [0.29, 0.717) is 13.2 Å². The lowest BCUT2D eigenvalue weighted by molar-refractivity contribution is 0.0944. The number of hydrogen-bond acceptors (Lipinski definition) is 4. The molecule has 0 N–H and O–H groups in total. The van der Waals surface area contributed by atoms with Crippen molar-refractivity contribution in [2.75, 3.05) is 26.3 Å². The number of allylic oxidation sites excluding steroid dienone is 2.